The molecule has 1 rings (SSSR count). The lowest BCUT2D eigenvalue weighted by atomic mass is 10.3. The molecule has 0 fully saturated rings. The van der Waals surface area contributed by atoms with Crippen molar-refractivity contribution in [3.8, 4) is 0 Å². The van der Waals surface area contributed by atoms with Gasteiger partial charge in [-0.05, 0) is 0 Å². The third-order valence-corrected chi connectivity index (χ3v) is 1.32. The summed E-state index contributed by atoms with van der Waals surface area (Å²) in [6, 6.07) is 2.74. The zero-order chi connectivity index (χ0) is 7.56. The van der Waals surface area contributed by atoms with Crippen LogP contribution in [0.1, 0.15) is 5.56 Å². The molecule has 4 heteroatoms. The molecule has 1 aromatic heterocycles. The van der Waals surface area contributed by atoms with Crippen LogP contribution >= 0.6 is 23.8 Å². The van der Waals surface area contributed by atoms with Crippen LogP contribution in [-0.2, 0) is 0 Å². The number of halogens is 1. The van der Waals surface area contributed by atoms with Crippen LogP contribution in [0.4, 0.5) is 0 Å². The Morgan fingerprint density at radius 2 is 2.40 bits per heavy atom. The molecule has 0 aliphatic carbocycles. The van der Waals surface area contributed by atoms with E-state index in [-0.39, 0.29) is 4.99 Å². The van der Waals surface area contributed by atoms with Gasteiger partial charge in [0.15, 0.2) is 0 Å². The fourth-order valence-electron chi connectivity index (χ4n) is 0.496. The Balaban J connectivity index is 3.07. The maximum absolute atomic E-state index is 5.56. The minimum atomic E-state index is 0.259. The normalized spacial score (nSPS) is 9.30. The molecule has 0 aliphatic rings. The summed E-state index contributed by atoms with van der Waals surface area (Å²) in [5.41, 5.74) is 5.86. The molecule has 2 nitrogen and oxygen atoms in total. The predicted molar refractivity (Wildman–Crippen MR) is 44.0 cm³/mol. The number of pyridine rings is 1. The average molecular weight is 172 g/mol. The third kappa shape index (κ3) is 1.65. The molecule has 0 spiro atoms. The molecule has 1 radical (unpaired) electrons. The molecule has 1 aromatic rings. The highest BCUT2D eigenvalue weighted by Gasteiger charge is 1.96. The summed E-state index contributed by atoms with van der Waals surface area (Å²) in [4.78, 5) is 4.03. The number of rotatable bonds is 1. The third-order valence-electron chi connectivity index (χ3n) is 0.911. The van der Waals surface area contributed by atoms with Gasteiger partial charge < -0.3 is 5.73 Å². The van der Waals surface area contributed by atoms with Gasteiger partial charge in [-0.1, -0.05) is 23.8 Å². The highest BCUT2D eigenvalue weighted by Crippen LogP contribution is 2.06. The van der Waals surface area contributed by atoms with E-state index in [1.807, 2.05) is 0 Å². The SMILES string of the molecule is NC(=S)c1[c]c(Cl)cnc1. The van der Waals surface area contributed by atoms with Crippen molar-refractivity contribution in [1.82, 2.24) is 4.98 Å². The fraction of sp³-hybridized carbons (Fsp3) is 0. The van der Waals surface area contributed by atoms with Gasteiger partial charge in [0.05, 0.1) is 5.02 Å². The smallest absolute Gasteiger partial charge is 0.106 e. The Labute approximate surface area is 69.0 Å². The topological polar surface area (TPSA) is 38.9 Å². The summed E-state index contributed by atoms with van der Waals surface area (Å²) in [6.07, 6.45) is 3.00. The van der Waals surface area contributed by atoms with E-state index in [2.05, 4.69) is 23.3 Å². The van der Waals surface area contributed by atoms with Crippen molar-refractivity contribution in [2.75, 3.05) is 0 Å². The first-order valence-electron chi connectivity index (χ1n) is 2.53. The summed E-state index contributed by atoms with van der Waals surface area (Å²) < 4.78 is 0. The molecule has 10 heavy (non-hydrogen) atoms. The van der Waals surface area contributed by atoms with Crippen LogP contribution in [0.3, 0.4) is 0 Å². The number of hydrogen-bond acceptors (Lipinski definition) is 2. The van der Waals surface area contributed by atoms with Gasteiger partial charge in [-0.15, -0.1) is 0 Å². The van der Waals surface area contributed by atoms with Crippen molar-refractivity contribution in [2.24, 2.45) is 5.73 Å². The van der Waals surface area contributed by atoms with Crippen molar-refractivity contribution in [2.45, 2.75) is 0 Å². The molecule has 0 amide bonds. The van der Waals surface area contributed by atoms with Crippen LogP contribution in [0.25, 0.3) is 0 Å². The summed E-state index contributed by atoms with van der Waals surface area (Å²) in [5.74, 6) is 0. The van der Waals surface area contributed by atoms with E-state index in [0.29, 0.717) is 10.6 Å². The van der Waals surface area contributed by atoms with Crippen molar-refractivity contribution in [1.29, 1.82) is 0 Å². The van der Waals surface area contributed by atoms with E-state index >= 15 is 0 Å². The van der Waals surface area contributed by atoms with Gasteiger partial charge in [0.2, 0.25) is 0 Å². The Kier molecular flexibility index (Phi) is 2.19. The van der Waals surface area contributed by atoms with Gasteiger partial charge in [0, 0.05) is 24.0 Å². The molecule has 2 N–H and O–H groups in total. The Morgan fingerprint density at radius 3 is 2.80 bits per heavy atom. The largest absolute Gasteiger partial charge is 0.389 e. The van der Waals surface area contributed by atoms with E-state index in [9.17, 15) is 0 Å². The summed E-state index contributed by atoms with van der Waals surface area (Å²) in [5, 5.41) is 0.422. The highest BCUT2D eigenvalue weighted by atomic mass is 35.5. The zero-order valence-corrected chi connectivity index (χ0v) is 6.54. The first kappa shape index (κ1) is 7.44. The highest BCUT2D eigenvalue weighted by molar-refractivity contribution is 7.80. The second-order valence-corrected chi connectivity index (χ2v) is 2.51. The fourth-order valence-corrected chi connectivity index (χ4v) is 0.758. The molecule has 0 saturated heterocycles. The lowest BCUT2D eigenvalue weighted by Crippen LogP contribution is -2.09. The molecule has 0 atom stereocenters. The average Bonchev–Trinajstić information content (AvgIpc) is 1.88. The van der Waals surface area contributed by atoms with Crippen LogP contribution in [0, 0.1) is 6.07 Å². The lowest BCUT2D eigenvalue weighted by molar-refractivity contribution is 1.31. The van der Waals surface area contributed by atoms with E-state index < -0.39 is 0 Å². The standard InChI is InChI=1S/C6H4ClN2S/c7-5-1-4(6(8)10)2-9-3-5/h2-3H,(H2,8,10). The maximum atomic E-state index is 5.56. The van der Waals surface area contributed by atoms with Gasteiger partial charge in [0.1, 0.15) is 4.99 Å². The summed E-state index contributed by atoms with van der Waals surface area (Å²) in [7, 11) is 0. The van der Waals surface area contributed by atoms with Crippen LogP contribution in [-0.4, -0.2) is 9.97 Å². The molecule has 0 aliphatic heterocycles. The maximum Gasteiger partial charge on any atom is 0.106 e. The zero-order valence-electron chi connectivity index (χ0n) is 4.97. The van der Waals surface area contributed by atoms with Crippen molar-refractivity contribution in [3.05, 3.63) is 29.0 Å². The first-order valence-corrected chi connectivity index (χ1v) is 3.31. The Hall–Kier alpha value is -0.670. The molecule has 0 aromatic carbocycles. The van der Waals surface area contributed by atoms with E-state index in [0.717, 1.165) is 0 Å². The number of aromatic nitrogens is 1. The van der Waals surface area contributed by atoms with Crippen molar-refractivity contribution in [3.63, 3.8) is 0 Å². The minimum Gasteiger partial charge on any atom is -0.389 e. The van der Waals surface area contributed by atoms with Gasteiger partial charge in [0.25, 0.3) is 0 Å². The predicted octanol–water partition coefficient (Wildman–Crippen LogP) is 1.17. The van der Waals surface area contributed by atoms with Gasteiger partial charge in [-0.3, -0.25) is 4.98 Å². The van der Waals surface area contributed by atoms with Crippen LogP contribution < -0.4 is 5.73 Å². The Morgan fingerprint density at radius 1 is 1.70 bits per heavy atom. The second-order valence-electron chi connectivity index (χ2n) is 1.66. The van der Waals surface area contributed by atoms with Gasteiger partial charge in [-0.25, -0.2) is 0 Å². The van der Waals surface area contributed by atoms with E-state index in [1.165, 1.54) is 12.4 Å². The van der Waals surface area contributed by atoms with Crippen molar-refractivity contribution >= 4 is 28.8 Å². The Bertz CT molecular complexity index is 262. The first-order chi connectivity index (χ1) is 4.70. The van der Waals surface area contributed by atoms with Crippen molar-refractivity contribution < 1.29 is 0 Å². The molecule has 1 heterocycles. The monoisotopic (exact) mass is 171 g/mol. The molecular formula is C6H4ClN2S. The van der Waals surface area contributed by atoms with Crippen LogP contribution in [0.2, 0.25) is 5.02 Å². The molecule has 0 saturated carbocycles. The van der Waals surface area contributed by atoms with Crippen LogP contribution in [0.5, 0.6) is 0 Å². The second kappa shape index (κ2) is 2.94. The van der Waals surface area contributed by atoms with Crippen LogP contribution in [0.15, 0.2) is 12.4 Å². The number of nitrogens with two attached hydrogens (primary N) is 1. The van der Waals surface area contributed by atoms with E-state index in [4.69, 9.17) is 17.3 Å². The quantitative estimate of drug-likeness (QED) is 0.645. The summed E-state index contributed by atoms with van der Waals surface area (Å²) >= 11 is 10.2. The van der Waals surface area contributed by atoms with Gasteiger partial charge in [-0.2, -0.15) is 0 Å². The molecule has 0 unspecified atom stereocenters. The van der Waals surface area contributed by atoms with E-state index in [1.54, 1.807) is 0 Å². The molecular weight excluding hydrogens is 168 g/mol. The summed E-state index contributed by atoms with van der Waals surface area (Å²) in [6.45, 7) is 0. The number of hydrogen-bond donors (Lipinski definition) is 1. The van der Waals surface area contributed by atoms with Gasteiger partial charge >= 0.3 is 0 Å². The molecule has 51 valence electrons. The lowest BCUT2D eigenvalue weighted by Gasteiger charge is -1.94. The number of nitrogens with zero attached hydrogens (tertiary/aromatic N) is 1. The minimum absolute atomic E-state index is 0.259. The number of thiocarbonyl (C=S) groups is 1. The molecule has 0 bridgehead atoms.